The monoisotopic (exact) mass is 672 g/mol. The average Bonchev–Trinajstić information content (AvgIpc) is 3.50. The third kappa shape index (κ3) is 7.36. The van der Waals surface area contributed by atoms with Gasteiger partial charge in [-0.2, -0.15) is 0 Å². The second-order valence-corrected chi connectivity index (χ2v) is 13.9. The van der Waals surface area contributed by atoms with Crippen molar-refractivity contribution in [1.29, 1.82) is 0 Å². The molecule has 0 radical (unpaired) electrons. The van der Waals surface area contributed by atoms with Crippen molar-refractivity contribution in [2.45, 2.75) is 24.5 Å². The highest BCUT2D eigenvalue weighted by Gasteiger charge is 2.30. The summed E-state index contributed by atoms with van der Waals surface area (Å²) < 4.78 is 45.1. The number of hydrogen-bond donors (Lipinski definition) is 3. The Morgan fingerprint density at radius 3 is 2.58 bits per heavy atom. The van der Waals surface area contributed by atoms with Crippen LogP contribution in [-0.2, 0) is 26.0 Å². The molecule has 4 heterocycles. The van der Waals surface area contributed by atoms with Crippen molar-refractivity contribution in [1.82, 2.24) is 29.7 Å². The number of carbonyl (C=O) groups excluding carboxylic acids is 1. The predicted molar refractivity (Wildman–Crippen MR) is 182 cm³/mol. The zero-order valence-electron chi connectivity index (χ0n) is 26.9. The highest BCUT2D eigenvalue weighted by molar-refractivity contribution is 7.90. The normalized spacial score (nSPS) is 15.0. The van der Waals surface area contributed by atoms with E-state index in [-0.39, 0.29) is 24.1 Å². The minimum atomic E-state index is -3.77. The van der Waals surface area contributed by atoms with Gasteiger partial charge in [-0.05, 0) is 43.3 Å². The van der Waals surface area contributed by atoms with Crippen molar-refractivity contribution in [3.8, 4) is 11.3 Å². The number of piperazine rings is 1. The molecule has 3 N–H and O–H groups in total. The molecule has 0 spiro atoms. The molecule has 1 unspecified atom stereocenters. The first kappa shape index (κ1) is 33.2. The summed E-state index contributed by atoms with van der Waals surface area (Å²) in [7, 11) is -1.71. The number of halogens is 1. The molecule has 1 saturated heterocycles. The first-order valence-corrected chi connectivity index (χ1v) is 17.4. The van der Waals surface area contributed by atoms with Gasteiger partial charge in [0, 0.05) is 62.0 Å². The minimum Gasteiger partial charge on any atom is -0.375 e. The minimum absolute atomic E-state index is 0.0662. The number of aromatic nitrogens is 4. The molecule has 0 bridgehead atoms. The van der Waals surface area contributed by atoms with Crippen LogP contribution >= 0.6 is 0 Å². The molecule has 1 atom stereocenters. The molecule has 48 heavy (non-hydrogen) atoms. The predicted octanol–water partition coefficient (Wildman–Crippen LogP) is 4.39. The van der Waals surface area contributed by atoms with Gasteiger partial charge in [0.25, 0.3) is 0 Å². The first-order chi connectivity index (χ1) is 23.1. The number of amides is 1. The summed E-state index contributed by atoms with van der Waals surface area (Å²) in [5.41, 5.74) is 3.61. The summed E-state index contributed by atoms with van der Waals surface area (Å²) in [6.45, 7) is 5.64. The number of benzene rings is 2. The van der Waals surface area contributed by atoms with E-state index in [1.165, 1.54) is 18.2 Å². The Balaban J connectivity index is 1.24. The van der Waals surface area contributed by atoms with Crippen LogP contribution in [0.4, 0.5) is 21.8 Å². The molecule has 3 aromatic heterocycles. The topological polar surface area (TPSA) is 145 Å². The van der Waals surface area contributed by atoms with Crippen molar-refractivity contribution in [2.75, 3.05) is 56.7 Å². The van der Waals surface area contributed by atoms with Gasteiger partial charge in [0.05, 0.1) is 30.1 Å². The number of fused-ring (bicyclic) bond motifs is 1. The third-order valence-electron chi connectivity index (χ3n) is 8.35. The van der Waals surface area contributed by atoms with E-state index in [9.17, 15) is 13.2 Å². The molecule has 1 amide bonds. The fraction of sp³-hybridized carbons (Fsp3) is 0.294. The number of anilines is 3. The first-order valence-electron chi connectivity index (χ1n) is 15.5. The molecule has 0 aliphatic carbocycles. The molecule has 1 aliphatic heterocycles. The van der Waals surface area contributed by atoms with Gasteiger partial charge in [0.1, 0.15) is 10.9 Å². The fourth-order valence-electron chi connectivity index (χ4n) is 5.68. The van der Waals surface area contributed by atoms with Crippen molar-refractivity contribution in [3.05, 3.63) is 90.1 Å². The van der Waals surface area contributed by atoms with Crippen molar-refractivity contribution < 1.29 is 22.3 Å². The van der Waals surface area contributed by atoms with Gasteiger partial charge in [-0.25, -0.2) is 27.8 Å². The van der Waals surface area contributed by atoms with Crippen LogP contribution in [0.1, 0.15) is 11.1 Å². The number of ether oxygens (including phenoxy) is 1. The second-order valence-electron chi connectivity index (χ2n) is 11.9. The summed E-state index contributed by atoms with van der Waals surface area (Å²) in [5, 5.41) is 6.61. The quantitative estimate of drug-likeness (QED) is 0.185. The van der Waals surface area contributed by atoms with Gasteiger partial charge < -0.3 is 25.3 Å². The number of H-pyrrole nitrogens is 1. The van der Waals surface area contributed by atoms with Gasteiger partial charge in [-0.3, -0.25) is 9.69 Å². The molecule has 2 aromatic carbocycles. The van der Waals surface area contributed by atoms with E-state index in [4.69, 9.17) is 4.74 Å². The Bertz CT molecular complexity index is 2030. The van der Waals surface area contributed by atoms with E-state index in [1.54, 1.807) is 18.6 Å². The molecule has 6 rings (SSSR count). The van der Waals surface area contributed by atoms with Crippen molar-refractivity contribution in [2.24, 2.45) is 0 Å². The maximum absolute atomic E-state index is 15.0. The SMILES string of the molecule is Cc1cnc(Nc2cccc(S(C)(=O)=O)c2F)nc1-c1c[nH]c2c(NC(=O)C(COCc3ccccc3)N3CCN(C)CC3)nccc12. The van der Waals surface area contributed by atoms with E-state index in [0.29, 0.717) is 23.6 Å². The largest absolute Gasteiger partial charge is 0.375 e. The molecule has 1 fully saturated rings. The Labute approximate surface area is 278 Å². The van der Waals surface area contributed by atoms with Crippen LogP contribution in [0.15, 0.2) is 78.1 Å². The average molecular weight is 673 g/mol. The summed E-state index contributed by atoms with van der Waals surface area (Å²) in [6, 6.07) is 15.2. The number of nitrogens with zero attached hydrogens (tertiary/aromatic N) is 5. The molecule has 12 nitrogen and oxygen atoms in total. The molecule has 5 aromatic rings. The Hall–Kier alpha value is -4.76. The summed E-state index contributed by atoms with van der Waals surface area (Å²) in [5.74, 6) is -0.672. The van der Waals surface area contributed by atoms with E-state index in [2.05, 4.69) is 47.4 Å². The lowest BCUT2D eigenvalue weighted by Gasteiger charge is -2.37. The van der Waals surface area contributed by atoms with Crippen LogP contribution in [0.5, 0.6) is 0 Å². The van der Waals surface area contributed by atoms with Gasteiger partial charge in [0.15, 0.2) is 21.5 Å². The number of aromatic amines is 1. The zero-order valence-corrected chi connectivity index (χ0v) is 27.7. The number of hydrogen-bond acceptors (Lipinski definition) is 10. The number of likely N-dealkylation sites (N-methyl/N-ethyl adjacent to an activating group) is 1. The molecule has 14 heteroatoms. The third-order valence-corrected chi connectivity index (χ3v) is 9.46. The molecule has 250 valence electrons. The molecular weight excluding hydrogens is 635 g/mol. The van der Waals surface area contributed by atoms with Crippen LogP contribution in [0.25, 0.3) is 22.2 Å². The van der Waals surface area contributed by atoms with E-state index in [0.717, 1.165) is 54.5 Å². The summed E-state index contributed by atoms with van der Waals surface area (Å²) >= 11 is 0. The van der Waals surface area contributed by atoms with Crippen molar-refractivity contribution in [3.63, 3.8) is 0 Å². The molecule has 0 saturated carbocycles. The van der Waals surface area contributed by atoms with Crippen LogP contribution < -0.4 is 10.6 Å². The summed E-state index contributed by atoms with van der Waals surface area (Å²) in [4.78, 5) is 34.5. The maximum Gasteiger partial charge on any atom is 0.245 e. The standard InChI is InChI=1S/C34H37FN8O4S/c1-22-18-38-34(39-26-10-7-11-28(29(26)35)48(3,45)46)40-30(22)25-19-37-31-24(25)12-13-36-32(31)41-33(44)27(43-16-14-42(2)15-17-43)21-47-20-23-8-5-4-6-9-23/h4-13,18-19,27,37H,14-17,20-21H2,1-3H3,(H,36,41,44)(H,38,39,40). The highest BCUT2D eigenvalue weighted by atomic mass is 32.2. The van der Waals surface area contributed by atoms with Crippen LogP contribution in [-0.4, -0.2) is 96.2 Å². The summed E-state index contributed by atoms with van der Waals surface area (Å²) in [6.07, 6.45) is 5.94. The van der Waals surface area contributed by atoms with E-state index < -0.39 is 26.6 Å². The van der Waals surface area contributed by atoms with Crippen LogP contribution in [0.3, 0.4) is 0 Å². The van der Waals surface area contributed by atoms with Gasteiger partial charge in [0.2, 0.25) is 11.9 Å². The number of sulfone groups is 1. The number of nitrogens with one attached hydrogen (secondary N) is 3. The molecular formula is C34H37FN8O4S. The van der Waals surface area contributed by atoms with Gasteiger partial charge >= 0.3 is 0 Å². The number of pyridine rings is 1. The number of carbonyl (C=O) groups is 1. The smallest absolute Gasteiger partial charge is 0.245 e. The number of aryl methyl sites for hydroxylation is 1. The Morgan fingerprint density at radius 1 is 1.06 bits per heavy atom. The lowest BCUT2D eigenvalue weighted by atomic mass is 10.1. The second kappa shape index (κ2) is 14.2. The van der Waals surface area contributed by atoms with Gasteiger partial charge in [-0.1, -0.05) is 36.4 Å². The molecule has 1 aliphatic rings. The van der Waals surface area contributed by atoms with E-state index >= 15 is 4.39 Å². The highest BCUT2D eigenvalue weighted by Crippen LogP contribution is 2.33. The lowest BCUT2D eigenvalue weighted by molar-refractivity contribution is -0.124. The van der Waals surface area contributed by atoms with Crippen molar-refractivity contribution >= 4 is 44.1 Å². The zero-order chi connectivity index (χ0) is 33.8. The lowest BCUT2D eigenvalue weighted by Crippen LogP contribution is -2.54. The Kier molecular flexibility index (Phi) is 9.78. The van der Waals surface area contributed by atoms with Gasteiger partial charge in [-0.15, -0.1) is 0 Å². The maximum atomic E-state index is 15.0. The van der Waals surface area contributed by atoms with E-state index in [1.807, 2.05) is 43.3 Å². The Morgan fingerprint density at radius 2 is 1.83 bits per heavy atom. The van der Waals surface area contributed by atoms with Crippen LogP contribution in [0.2, 0.25) is 0 Å². The number of rotatable bonds is 11. The fourth-order valence-corrected chi connectivity index (χ4v) is 6.44. The van der Waals surface area contributed by atoms with Crippen LogP contribution in [0, 0.1) is 12.7 Å².